The first-order chi connectivity index (χ1) is 9.06. The minimum absolute atomic E-state index is 0.169. The zero-order valence-corrected chi connectivity index (χ0v) is 12.2. The maximum atomic E-state index is 13.9. The van der Waals surface area contributed by atoms with Gasteiger partial charge in [0.2, 0.25) is 0 Å². The minimum atomic E-state index is -0.169. The second kappa shape index (κ2) is 6.44. The van der Waals surface area contributed by atoms with Gasteiger partial charge in [-0.05, 0) is 56.5 Å². The predicted octanol–water partition coefficient (Wildman–Crippen LogP) is 3.08. The van der Waals surface area contributed by atoms with E-state index in [0.29, 0.717) is 17.1 Å². The summed E-state index contributed by atoms with van der Waals surface area (Å²) in [7, 11) is 0. The summed E-state index contributed by atoms with van der Waals surface area (Å²) >= 11 is 4.95. The van der Waals surface area contributed by atoms with Gasteiger partial charge in [-0.2, -0.15) is 0 Å². The Morgan fingerprint density at radius 3 is 2.95 bits per heavy atom. The van der Waals surface area contributed by atoms with Crippen molar-refractivity contribution in [2.75, 3.05) is 13.1 Å². The molecule has 1 aliphatic rings. The van der Waals surface area contributed by atoms with Crippen LogP contribution in [0.5, 0.6) is 0 Å². The van der Waals surface area contributed by atoms with Crippen molar-refractivity contribution in [1.29, 1.82) is 0 Å². The fraction of sp³-hybridized carbons (Fsp3) is 0.533. The summed E-state index contributed by atoms with van der Waals surface area (Å²) < 4.78 is 13.9. The van der Waals surface area contributed by atoms with Crippen LogP contribution >= 0.6 is 12.2 Å². The number of rotatable bonds is 3. The van der Waals surface area contributed by atoms with Gasteiger partial charge in [-0.15, -0.1) is 0 Å². The number of halogens is 1. The van der Waals surface area contributed by atoms with Gasteiger partial charge in [0.1, 0.15) is 10.8 Å². The molecular formula is C15H21FN2S. The van der Waals surface area contributed by atoms with Crippen LogP contribution in [-0.4, -0.2) is 23.0 Å². The molecule has 1 heterocycles. The third-order valence-electron chi connectivity index (χ3n) is 3.83. The fourth-order valence-electron chi connectivity index (χ4n) is 2.57. The number of hydrogen-bond acceptors (Lipinski definition) is 2. The summed E-state index contributed by atoms with van der Waals surface area (Å²) in [5.74, 6) is 0.607. The number of hydrogen-bond donors (Lipinski definition) is 1. The molecule has 1 fully saturated rings. The number of thiocarbonyl (C=S) groups is 1. The molecule has 4 heteroatoms. The zero-order valence-electron chi connectivity index (χ0n) is 11.4. The van der Waals surface area contributed by atoms with Crippen molar-refractivity contribution in [2.45, 2.75) is 32.7 Å². The van der Waals surface area contributed by atoms with Gasteiger partial charge < -0.3 is 5.73 Å². The molecular weight excluding hydrogens is 259 g/mol. The second-order valence-corrected chi connectivity index (χ2v) is 5.92. The molecule has 0 amide bonds. The number of benzene rings is 1. The van der Waals surface area contributed by atoms with Crippen LogP contribution in [0.2, 0.25) is 0 Å². The van der Waals surface area contributed by atoms with Crippen molar-refractivity contribution < 1.29 is 4.39 Å². The molecule has 0 spiro atoms. The normalized spacial score (nSPS) is 21.1. The smallest absolute Gasteiger partial charge is 0.127 e. The van der Waals surface area contributed by atoms with Gasteiger partial charge in [-0.3, -0.25) is 4.90 Å². The lowest BCUT2D eigenvalue weighted by molar-refractivity contribution is 0.270. The standard InChI is InChI=1S/C15H21FN2S/c1-11-3-2-7-18(8-6-11)10-13-9-12(15(17)19)4-5-14(13)16/h4-5,9,11H,2-3,6-8,10H2,1H3,(H2,17,19). The first-order valence-electron chi connectivity index (χ1n) is 6.87. The topological polar surface area (TPSA) is 29.3 Å². The van der Waals surface area contributed by atoms with Crippen LogP contribution in [0.1, 0.15) is 37.3 Å². The third-order valence-corrected chi connectivity index (χ3v) is 4.07. The van der Waals surface area contributed by atoms with E-state index in [0.717, 1.165) is 24.6 Å². The van der Waals surface area contributed by atoms with Crippen molar-refractivity contribution in [3.05, 3.63) is 35.1 Å². The van der Waals surface area contributed by atoms with Crippen LogP contribution in [0.15, 0.2) is 18.2 Å². The van der Waals surface area contributed by atoms with E-state index < -0.39 is 0 Å². The van der Waals surface area contributed by atoms with Gasteiger partial charge in [0, 0.05) is 17.7 Å². The Hall–Kier alpha value is -1.00. The maximum absolute atomic E-state index is 13.9. The Morgan fingerprint density at radius 1 is 1.42 bits per heavy atom. The molecule has 2 N–H and O–H groups in total. The lowest BCUT2D eigenvalue weighted by Gasteiger charge is -2.20. The molecule has 0 saturated carbocycles. The zero-order chi connectivity index (χ0) is 13.8. The lowest BCUT2D eigenvalue weighted by Crippen LogP contribution is -2.25. The lowest BCUT2D eigenvalue weighted by atomic mass is 10.0. The Morgan fingerprint density at radius 2 is 2.21 bits per heavy atom. The van der Waals surface area contributed by atoms with E-state index in [1.165, 1.54) is 25.3 Å². The average molecular weight is 280 g/mol. The molecule has 104 valence electrons. The SMILES string of the molecule is CC1CCCN(Cc2cc(C(N)=S)ccc2F)CC1. The van der Waals surface area contributed by atoms with Crippen LogP contribution in [0, 0.1) is 11.7 Å². The van der Waals surface area contributed by atoms with E-state index in [2.05, 4.69) is 11.8 Å². The Kier molecular flexibility index (Phi) is 4.88. The highest BCUT2D eigenvalue weighted by Crippen LogP contribution is 2.19. The van der Waals surface area contributed by atoms with E-state index >= 15 is 0 Å². The largest absolute Gasteiger partial charge is 0.389 e. The molecule has 1 aromatic rings. The number of nitrogens with two attached hydrogens (primary N) is 1. The molecule has 1 aliphatic heterocycles. The summed E-state index contributed by atoms with van der Waals surface area (Å²) in [6.45, 7) is 5.02. The van der Waals surface area contributed by atoms with Crippen molar-refractivity contribution in [3.8, 4) is 0 Å². The second-order valence-electron chi connectivity index (χ2n) is 5.48. The van der Waals surface area contributed by atoms with Gasteiger partial charge in [0.05, 0.1) is 0 Å². The van der Waals surface area contributed by atoms with E-state index in [4.69, 9.17) is 18.0 Å². The van der Waals surface area contributed by atoms with Crippen LogP contribution in [0.3, 0.4) is 0 Å². The van der Waals surface area contributed by atoms with Gasteiger partial charge in [-0.1, -0.05) is 19.1 Å². The Labute approximate surface area is 119 Å². The number of likely N-dealkylation sites (tertiary alicyclic amines) is 1. The van der Waals surface area contributed by atoms with E-state index in [1.54, 1.807) is 12.1 Å². The Balaban J connectivity index is 2.09. The summed E-state index contributed by atoms with van der Waals surface area (Å²) in [6.07, 6.45) is 3.65. The predicted molar refractivity (Wildman–Crippen MR) is 80.6 cm³/mol. The van der Waals surface area contributed by atoms with Crippen LogP contribution in [0.25, 0.3) is 0 Å². The average Bonchev–Trinajstić information content (AvgIpc) is 2.57. The van der Waals surface area contributed by atoms with Crippen LogP contribution in [0.4, 0.5) is 4.39 Å². The van der Waals surface area contributed by atoms with E-state index in [-0.39, 0.29) is 5.82 Å². The highest BCUT2D eigenvalue weighted by molar-refractivity contribution is 7.80. The van der Waals surface area contributed by atoms with Crippen molar-refractivity contribution in [3.63, 3.8) is 0 Å². The molecule has 0 aliphatic carbocycles. The summed E-state index contributed by atoms with van der Waals surface area (Å²) in [5.41, 5.74) is 7.04. The third kappa shape index (κ3) is 3.98. The maximum Gasteiger partial charge on any atom is 0.127 e. The summed E-state index contributed by atoms with van der Waals surface area (Å²) in [4.78, 5) is 2.65. The highest BCUT2D eigenvalue weighted by atomic mass is 32.1. The molecule has 1 aromatic carbocycles. The summed E-state index contributed by atoms with van der Waals surface area (Å²) in [5, 5.41) is 0. The van der Waals surface area contributed by atoms with Crippen molar-refractivity contribution in [2.24, 2.45) is 11.7 Å². The molecule has 2 rings (SSSR count). The Bertz CT molecular complexity index is 461. The molecule has 1 unspecified atom stereocenters. The van der Waals surface area contributed by atoms with Crippen molar-refractivity contribution in [1.82, 2.24) is 4.90 Å². The minimum Gasteiger partial charge on any atom is -0.389 e. The first-order valence-corrected chi connectivity index (χ1v) is 7.27. The van der Waals surface area contributed by atoms with Gasteiger partial charge in [0.15, 0.2) is 0 Å². The van der Waals surface area contributed by atoms with Crippen LogP contribution in [-0.2, 0) is 6.54 Å². The molecule has 1 atom stereocenters. The monoisotopic (exact) mass is 280 g/mol. The van der Waals surface area contributed by atoms with Gasteiger partial charge in [-0.25, -0.2) is 4.39 Å². The van der Waals surface area contributed by atoms with E-state index in [9.17, 15) is 4.39 Å². The van der Waals surface area contributed by atoms with Gasteiger partial charge in [0.25, 0.3) is 0 Å². The molecule has 0 bridgehead atoms. The molecule has 0 aromatic heterocycles. The highest BCUT2D eigenvalue weighted by Gasteiger charge is 2.15. The van der Waals surface area contributed by atoms with Crippen LogP contribution < -0.4 is 5.73 Å². The number of nitrogens with zero attached hydrogens (tertiary/aromatic N) is 1. The molecule has 1 saturated heterocycles. The molecule has 0 radical (unpaired) electrons. The fourth-order valence-corrected chi connectivity index (χ4v) is 2.70. The molecule has 2 nitrogen and oxygen atoms in total. The summed E-state index contributed by atoms with van der Waals surface area (Å²) in [6, 6.07) is 4.89. The first kappa shape index (κ1) is 14.4. The van der Waals surface area contributed by atoms with Gasteiger partial charge >= 0.3 is 0 Å². The van der Waals surface area contributed by atoms with E-state index in [1.807, 2.05) is 0 Å². The van der Waals surface area contributed by atoms with Crippen molar-refractivity contribution >= 4 is 17.2 Å². The quantitative estimate of drug-likeness (QED) is 0.863. The molecule has 19 heavy (non-hydrogen) atoms.